The Labute approximate surface area is 146 Å². The van der Waals surface area contributed by atoms with Crippen LogP contribution in [0.25, 0.3) is 0 Å². The van der Waals surface area contributed by atoms with E-state index in [0.29, 0.717) is 11.6 Å². The van der Waals surface area contributed by atoms with Crippen LogP contribution >= 0.6 is 11.6 Å². The molecule has 0 aliphatic carbocycles. The van der Waals surface area contributed by atoms with E-state index in [0.717, 1.165) is 43.4 Å². The van der Waals surface area contributed by atoms with Gasteiger partial charge in [0.15, 0.2) is 0 Å². The number of benzene rings is 1. The van der Waals surface area contributed by atoms with E-state index in [2.05, 4.69) is 25.1 Å². The fourth-order valence-electron chi connectivity index (χ4n) is 2.63. The Hall–Kier alpha value is -2.18. The Kier molecular flexibility index (Phi) is 5.27. The molecule has 1 saturated heterocycles. The van der Waals surface area contributed by atoms with Gasteiger partial charge in [-0.25, -0.2) is 9.97 Å². The van der Waals surface area contributed by atoms with E-state index in [4.69, 9.17) is 11.6 Å². The Morgan fingerprint density at radius 1 is 1.21 bits per heavy atom. The first-order valence-electron chi connectivity index (χ1n) is 7.92. The van der Waals surface area contributed by atoms with Crippen LogP contribution in [0.15, 0.2) is 36.7 Å². The largest absolute Gasteiger partial charge is 0.338 e. The average molecular weight is 346 g/mol. The van der Waals surface area contributed by atoms with Crippen molar-refractivity contribution in [3.8, 4) is 0 Å². The zero-order chi connectivity index (χ0) is 16.9. The molecule has 0 atom stereocenters. The molecule has 3 rings (SSSR count). The average Bonchev–Trinajstić information content (AvgIpc) is 2.59. The SMILES string of the molecule is Cc1ccc(NC(=O)CN2CCN(c3ncccn3)CC2)cc1Cl. The first-order valence-corrected chi connectivity index (χ1v) is 8.30. The summed E-state index contributed by atoms with van der Waals surface area (Å²) < 4.78 is 0. The highest BCUT2D eigenvalue weighted by Crippen LogP contribution is 2.20. The number of nitrogens with one attached hydrogen (secondary N) is 1. The minimum atomic E-state index is -0.0284. The molecule has 1 fully saturated rings. The van der Waals surface area contributed by atoms with Crippen molar-refractivity contribution in [2.45, 2.75) is 6.92 Å². The number of carbonyl (C=O) groups excluding carboxylic acids is 1. The van der Waals surface area contributed by atoms with Crippen LogP contribution in [0, 0.1) is 6.92 Å². The number of carbonyl (C=O) groups is 1. The van der Waals surface area contributed by atoms with Gasteiger partial charge >= 0.3 is 0 Å². The van der Waals surface area contributed by atoms with Gasteiger partial charge in [-0.2, -0.15) is 0 Å². The number of hydrogen-bond acceptors (Lipinski definition) is 5. The molecule has 24 heavy (non-hydrogen) atoms. The van der Waals surface area contributed by atoms with Gasteiger partial charge < -0.3 is 10.2 Å². The zero-order valence-electron chi connectivity index (χ0n) is 13.6. The molecule has 126 valence electrons. The number of amides is 1. The van der Waals surface area contributed by atoms with Gasteiger partial charge in [0.1, 0.15) is 0 Å². The predicted molar refractivity (Wildman–Crippen MR) is 95.5 cm³/mol. The van der Waals surface area contributed by atoms with E-state index in [1.54, 1.807) is 24.5 Å². The maximum Gasteiger partial charge on any atom is 0.238 e. The molecule has 1 aliphatic heterocycles. The third kappa shape index (κ3) is 4.21. The van der Waals surface area contributed by atoms with Gasteiger partial charge in [-0.1, -0.05) is 17.7 Å². The van der Waals surface area contributed by atoms with Gasteiger partial charge in [0.2, 0.25) is 11.9 Å². The normalized spacial score (nSPS) is 15.3. The van der Waals surface area contributed by atoms with Crippen molar-refractivity contribution in [2.75, 3.05) is 42.9 Å². The van der Waals surface area contributed by atoms with Crippen molar-refractivity contribution in [3.05, 3.63) is 47.2 Å². The third-order valence-electron chi connectivity index (χ3n) is 4.03. The van der Waals surface area contributed by atoms with Crippen LogP contribution in [-0.2, 0) is 4.79 Å². The zero-order valence-corrected chi connectivity index (χ0v) is 14.3. The molecule has 2 aromatic rings. The molecular formula is C17H20ClN5O. The summed E-state index contributed by atoms with van der Waals surface area (Å²) in [5.41, 5.74) is 1.72. The Balaban J connectivity index is 1.49. The number of hydrogen-bond donors (Lipinski definition) is 1. The molecular weight excluding hydrogens is 326 g/mol. The lowest BCUT2D eigenvalue weighted by Gasteiger charge is -2.34. The molecule has 6 nitrogen and oxygen atoms in total. The lowest BCUT2D eigenvalue weighted by atomic mass is 10.2. The number of piperazine rings is 1. The number of rotatable bonds is 4. The minimum Gasteiger partial charge on any atom is -0.338 e. The lowest BCUT2D eigenvalue weighted by Crippen LogP contribution is -2.49. The predicted octanol–water partition coefficient (Wildman–Crippen LogP) is 2.20. The number of anilines is 2. The van der Waals surface area contributed by atoms with E-state index >= 15 is 0 Å². The quantitative estimate of drug-likeness (QED) is 0.920. The molecule has 2 heterocycles. The van der Waals surface area contributed by atoms with Crippen LogP contribution in [0.5, 0.6) is 0 Å². The van der Waals surface area contributed by atoms with Gasteiger partial charge in [-0.05, 0) is 30.7 Å². The summed E-state index contributed by atoms with van der Waals surface area (Å²) >= 11 is 6.08. The van der Waals surface area contributed by atoms with E-state index in [1.807, 2.05) is 19.1 Å². The van der Waals surface area contributed by atoms with Gasteiger partial charge in [-0.15, -0.1) is 0 Å². The fourth-order valence-corrected chi connectivity index (χ4v) is 2.82. The minimum absolute atomic E-state index is 0.0284. The molecule has 1 amide bonds. The Morgan fingerprint density at radius 3 is 2.58 bits per heavy atom. The smallest absolute Gasteiger partial charge is 0.238 e. The highest BCUT2D eigenvalue weighted by atomic mass is 35.5. The van der Waals surface area contributed by atoms with Crippen molar-refractivity contribution in [2.24, 2.45) is 0 Å². The van der Waals surface area contributed by atoms with Crippen molar-refractivity contribution < 1.29 is 4.79 Å². The third-order valence-corrected chi connectivity index (χ3v) is 4.44. The molecule has 1 N–H and O–H groups in total. The molecule has 0 bridgehead atoms. The van der Waals surface area contributed by atoms with Crippen molar-refractivity contribution in [1.29, 1.82) is 0 Å². The maximum absolute atomic E-state index is 12.2. The van der Waals surface area contributed by atoms with Crippen LogP contribution in [0.1, 0.15) is 5.56 Å². The fraction of sp³-hybridized carbons (Fsp3) is 0.353. The standard InChI is InChI=1S/C17H20ClN5O/c1-13-3-4-14(11-15(13)18)21-16(24)12-22-7-9-23(10-8-22)17-19-5-2-6-20-17/h2-6,11H,7-10,12H2,1H3,(H,21,24). The molecule has 1 aromatic carbocycles. The lowest BCUT2D eigenvalue weighted by molar-refractivity contribution is -0.117. The van der Waals surface area contributed by atoms with E-state index in [-0.39, 0.29) is 5.91 Å². The first kappa shape index (κ1) is 16.7. The number of aryl methyl sites for hydroxylation is 1. The molecule has 0 unspecified atom stereocenters. The summed E-state index contributed by atoms with van der Waals surface area (Å²) in [6, 6.07) is 7.35. The molecule has 7 heteroatoms. The second kappa shape index (κ2) is 7.59. The Bertz CT molecular complexity index is 701. The summed E-state index contributed by atoms with van der Waals surface area (Å²) in [6.45, 7) is 5.54. The van der Waals surface area contributed by atoms with Crippen molar-refractivity contribution in [3.63, 3.8) is 0 Å². The number of nitrogens with zero attached hydrogens (tertiary/aromatic N) is 4. The summed E-state index contributed by atoms with van der Waals surface area (Å²) in [6.07, 6.45) is 3.49. The topological polar surface area (TPSA) is 61.4 Å². The second-order valence-corrected chi connectivity index (χ2v) is 6.23. The van der Waals surface area contributed by atoms with Crippen molar-refractivity contribution in [1.82, 2.24) is 14.9 Å². The summed E-state index contributed by atoms with van der Waals surface area (Å²) in [4.78, 5) is 25.0. The molecule has 1 aromatic heterocycles. The molecule has 0 saturated carbocycles. The van der Waals surface area contributed by atoms with Crippen LogP contribution in [0.4, 0.5) is 11.6 Å². The number of aromatic nitrogens is 2. The van der Waals surface area contributed by atoms with E-state index < -0.39 is 0 Å². The first-order chi connectivity index (χ1) is 11.6. The maximum atomic E-state index is 12.2. The highest BCUT2D eigenvalue weighted by Gasteiger charge is 2.20. The van der Waals surface area contributed by atoms with Gasteiger partial charge in [0.25, 0.3) is 0 Å². The van der Waals surface area contributed by atoms with Crippen LogP contribution < -0.4 is 10.2 Å². The van der Waals surface area contributed by atoms with Gasteiger partial charge in [-0.3, -0.25) is 9.69 Å². The van der Waals surface area contributed by atoms with Crippen LogP contribution in [0.2, 0.25) is 5.02 Å². The molecule has 1 aliphatic rings. The second-order valence-electron chi connectivity index (χ2n) is 5.82. The van der Waals surface area contributed by atoms with Crippen LogP contribution in [0.3, 0.4) is 0 Å². The van der Waals surface area contributed by atoms with Gasteiger partial charge in [0, 0.05) is 49.3 Å². The van der Waals surface area contributed by atoms with Crippen LogP contribution in [-0.4, -0.2) is 53.5 Å². The number of halogens is 1. The Morgan fingerprint density at radius 2 is 1.92 bits per heavy atom. The summed E-state index contributed by atoms with van der Waals surface area (Å²) in [5, 5.41) is 3.55. The van der Waals surface area contributed by atoms with Gasteiger partial charge in [0.05, 0.1) is 6.54 Å². The molecule has 0 radical (unpaired) electrons. The molecule has 0 spiro atoms. The van der Waals surface area contributed by atoms with E-state index in [9.17, 15) is 4.79 Å². The monoisotopic (exact) mass is 345 g/mol. The summed E-state index contributed by atoms with van der Waals surface area (Å²) in [5.74, 6) is 0.718. The van der Waals surface area contributed by atoms with Crippen molar-refractivity contribution >= 4 is 29.1 Å². The summed E-state index contributed by atoms with van der Waals surface area (Å²) in [7, 11) is 0. The highest BCUT2D eigenvalue weighted by molar-refractivity contribution is 6.31. The van der Waals surface area contributed by atoms with E-state index in [1.165, 1.54) is 0 Å².